The molecule has 2 amide bonds. The summed E-state index contributed by atoms with van der Waals surface area (Å²) < 4.78 is 0. The van der Waals surface area contributed by atoms with E-state index in [9.17, 15) is 9.59 Å². The second-order valence-corrected chi connectivity index (χ2v) is 4.41. The maximum atomic E-state index is 11.2. The lowest BCUT2D eigenvalue weighted by Crippen LogP contribution is -2.14. The average molecular weight is 285 g/mol. The topological polar surface area (TPSA) is 123 Å². The molecule has 6 N–H and O–H groups in total. The van der Waals surface area contributed by atoms with Gasteiger partial charge in [-0.15, -0.1) is 0 Å². The van der Waals surface area contributed by atoms with Gasteiger partial charge in [-0.05, 0) is 24.3 Å². The number of amides is 2. The van der Waals surface area contributed by atoms with Crippen LogP contribution >= 0.6 is 0 Å². The Labute approximate surface area is 121 Å². The Kier molecular flexibility index (Phi) is 4.03. The second-order valence-electron chi connectivity index (χ2n) is 4.41. The number of carbonyl (C=O) groups excluding carboxylic acids is 2. The van der Waals surface area contributed by atoms with Crippen LogP contribution in [0.1, 0.15) is 17.3 Å². The van der Waals surface area contributed by atoms with E-state index in [1.807, 2.05) is 0 Å². The number of nitrogens with zero attached hydrogens (tertiary/aromatic N) is 1. The van der Waals surface area contributed by atoms with Gasteiger partial charge in [-0.1, -0.05) is 6.07 Å². The van der Waals surface area contributed by atoms with Gasteiger partial charge in [0.15, 0.2) is 0 Å². The molecule has 21 heavy (non-hydrogen) atoms. The molecule has 0 saturated heterocycles. The lowest BCUT2D eigenvalue weighted by molar-refractivity contribution is -0.114. The molecule has 1 aromatic heterocycles. The Balaban J connectivity index is 2.24. The van der Waals surface area contributed by atoms with Crippen LogP contribution in [-0.4, -0.2) is 16.8 Å². The maximum Gasteiger partial charge on any atom is 0.250 e. The zero-order valence-electron chi connectivity index (χ0n) is 11.4. The van der Waals surface area contributed by atoms with E-state index in [4.69, 9.17) is 11.5 Å². The Morgan fingerprint density at radius 2 is 1.90 bits per heavy atom. The van der Waals surface area contributed by atoms with E-state index in [1.54, 1.807) is 24.3 Å². The van der Waals surface area contributed by atoms with Gasteiger partial charge in [0.2, 0.25) is 5.91 Å². The van der Waals surface area contributed by atoms with E-state index in [2.05, 4.69) is 15.6 Å². The fraction of sp³-hybridized carbons (Fsp3) is 0.0714. The quantitative estimate of drug-likeness (QED) is 0.677. The first kappa shape index (κ1) is 14.3. The molecule has 0 radical (unpaired) electrons. The average Bonchev–Trinajstić information content (AvgIpc) is 2.40. The lowest BCUT2D eigenvalue weighted by Gasteiger charge is -2.09. The molecule has 0 aliphatic carbocycles. The summed E-state index contributed by atoms with van der Waals surface area (Å²) in [6, 6.07) is 8.55. The summed E-state index contributed by atoms with van der Waals surface area (Å²) in [5.74, 6) is -0.350. The van der Waals surface area contributed by atoms with Gasteiger partial charge >= 0.3 is 0 Å². The number of nitrogens with one attached hydrogen (secondary N) is 2. The van der Waals surface area contributed by atoms with Crippen molar-refractivity contribution in [2.45, 2.75) is 6.92 Å². The summed E-state index contributed by atoms with van der Waals surface area (Å²) in [7, 11) is 0. The number of anilines is 4. The van der Waals surface area contributed by atoms with Crippen LogP contribution in [0.15, 0.2) is 36.5 Å². The van der Waals surface area contributed by atoms with Crippen molar-refractivity contribution >= 4 is 34.7 Å². The number of aromatic nitrogens is 1. The van der Waals surface area contributed by atoms with Crippen molar-refractivity contribution in [3.05, 3.63) is 42.1 Å². The van der Waals surface area contributed by atoms with Gasteiger partial charge in [-0.3, -0.25) is 9.59 Å². The summed E-state index contributed by atoms with van der Waals surface area (Å²) in [4.78, 5) is 26.3. The minimum absolute atomic E-state index is 0.159. The number of hydrogen-bond acceptors (Lipinski definition) is 5. The lowest BCUT2D eigenvalue weighted by atomic mass is 10.2. The number of rotatable bonds is 4. The fourth-order valence-corrected chi connectivity index (χ4v) is 1.77. The van der Waals surface area contributed by atoms with Gasteiger partial charge in [0.05, 0.1) is 17.4 Å². The van der Waals surface area contributed by atoms with Gasteiger partial charge in [0.1, 0.15) is 5.82 Å². The summed E-state index contributed by atoms with van der Waals surface area (Å²) >= 11 is 0. The highest BCUT2D eigenvalue weighted by molar-refractivity contribution is 5.98. The predicted molar refractivity (Wildman–Crippen MR) is 81.2 cm³/mol. The molecule has 1 heterocycles. The summed E-state index contributed by atoms with van der Waals surface area (Å²) in [6.07, 6.45) is 1.36. The van der Waals surface area contributed by atoms with Gasteiger partial charge < -0.3 is 22.1 Å². The molecule has 0 fully saturated rings. The largest absolute Gasteiger partial charge is 0.397 e. The molecule has 2 aromatic rings. The molecule has 7 heteroatoms. The Hall–Kier alpha value is -3.09. The van der Waals surface area contributed by atoms with E-state index in [0.29, 0.717) is 17.2 Å². The SMILES string of the molecule is CC(=O)Nc1cccc(Nc2cc(C(N)=O)c(N)cn2)c1. The molecule has 0 bridgehead atoms. The number of benzene rings is 1. The standard InChI is InChI=1S/C14H15N5O2/c1-8(20)18-9-3-2-4-10(5-9)19-13-6-11(14(16)21)12(15)7-17-13/h2-7H,15H2,1H3,(H2,16,21)(H,17,19)(H,18,20). The predicted octanol–water partition coefficient (Wildman–Crippen LogP) is 1.46. The summed E-state index contributed by atoms with van der Waals surface area (Å²) in [5, 5.41) is 5.69. The van der Waals surface area contributed by atoms with Crippen LogP contribution < -0.4 is 22.1 Å². The van der Waals surface area contributed by atoms with Crippen LogP contribution in [-0.2, 0) is 4.79 Å². The zero-order chi connectivity index (χ0) is 15.4. The van der Waals surface area contributed by atoms with E-state index >= 15 is 0 Å². The van der Waals surface area contributed by atoms with Crippen molar-refractivity contribution < 1.29 is 9.59 Å². The van der Waals surface area contributed by atoms with Crippen LogP contribution in [0, 0.1) is 0 Å². The van der Waals surface area contributed by atoms with Crippen molar-refractivity contribution in [3.63, 3.8) is 0 Å². The Bertz CT molecular complexity index is 700. The molecular weight excluding hydrogens is 270 g/mol. The molecule has 2 rings (SSSR count). The van der Waals surface area contributed by atoms with Gasteiger partial charge in [-0.2, -0.15) is 0 Å². The third-order valence-corrected chi connectivity index (χ3v) is 2.66. The molecular formula is C14H15N5O2. The molecule has 1 aromatic carbocycles. The van der Waals surface area contributed by atoms with Crippen LogP contribution in [0.2, 0.25) is 0 Å². The summed E-state index contributed by atoms with van der Waals surface area (Å²) in [5.41, 5.74) is 12.6. The number of hydrogen-bond donors (Lipinski definition) is 4. The minimum Gasteiger partial charge on any atom is -0.397 e. The molecule has 0 spiro atoms. The Morgan fingerprint density at radius 1 is 1.19 bits per heavy atom. The summed E-state index contributed by atoms with van der Waals surface area (Å²) in [6.45, 7) is 1.43. The highest BCUT2D eigenvalue weighted by Gasteiger charge is 2.08. The van der Waals surface area contributed by atoms with Crippen LogP contribution in [0.4, 0.5) is 22.9 Å². The molecule has 0 aliphatic heterocycles. The highest BCUT2D eigenvalue weighted by Crippen LogP contribution is 2.21. The molecule has 0 saturated carbocycles. The molecule has 7 nitrogen and oxygen atoms in total. The number of carbonyl (C=O) groups is 2. The van der Waals surface area contributed by atoms with E-state index in [1.165, 1.54) is 19.2 Å². The van der Waals surface area contributed by atoms with E-state index in [-0.39, 0.29) is 17.2 Å². The number of pyridine rings is 1. The molecule has 108 valence electrons. The smallest absolute Gasteiger partial charge is 0.250 e. The fourth-order valence-electron chi connectivity index (χ4n) is 1.77. The first-order valence-corrected chi connectivity index (χ1v) is 6.15. The molecule has 0 aliphatic rings. The number of primary amides is 1. The van der Waals surface area contributed by atoms with Crippen LogP contribution in [0.25, 0.3) is 0 Å². The van der Waals surface area contributed by atoms with Gasteiger partial charge in [-0.25, -0.2) is 4.98 Å². The Morgan fingerprint density at radius 3 is 2.57 bits per heavy atom. The first-order valence-electron chi connectivity index (χ1n) is 6.15. The molecule has 0 unspecified atom stereocenters. The zero-order valence-corrected chi connectivity index (χ0v) is 11.4. The molecule has 0 atom stereocenters. The van der Waals surface area contributed by atoms with Gasteiger partial charge in [0.25, 0.3) is 5.91 Å². The maximum absolute atomic E-state index is 11.2. The van der Waals surface area contributed by atoms with E-state index < -0.39 is 5.91 Å². The monoisotopic (exact) mass is 285 g/mol. The highest BCUT2D eigenvalue weighted by atomic mass is 16.1. The minimum atomic E-state index is -0.620. The van der Waals surface area contributed by atoms with Crippen molar-refractivity contribution in [1.29, 1.82) is 0 Å². The van der Waals surface area contributed by atoms with Crippen molar-refractivity contribution in [2.24, 2.45) is 5.73 Å². The van der Waals surface area contributed by atoms with Gasteiger partial charge in [0, 0.05) is 18.3 Å². The number of nitrogens with two attached hydrogens (primary N) is 2. The first-order chi connectivity index (χ1) is 9.95. The van der Waals surface area contributed by atoms with Crippen LogP contribution in [0.3, 0.4) is 0 Å². The van der Waals surface area contributed by atoms with Crippen LogP contribution in [0.5, 0.6) is 0 Å². The van der Waals surface area contributed by atoms with Crippen molar-refractivity contribution in [1.82, 2.24) is 4.98 Å². The van der Waals surface area contributed by atoms with Crippen molar-refractivity contribution in [2.75, 3.05) is 16.4 Å². The third-order valence-electron chi connectivity index (χ3n) is 2.66. The third kappa shape index (κ3) is 3.69. The van der Waals surface area contributed by atoms with Crippen molar-refractivity contribution in [3.8, 4) is 0 Å². The number of nitrogen functional groups attached to an aromatic ring is 1. The normalized spacial score (nSPS) is 9.95. The van der Waals surface area contributed by atoms with E-state index in [0.717, 1.165) is 0 Å². The second kappa shape index (κ2) is 5.91.